The standard InChI is InChI=1S/C17H16BrN3OS/c1-21(10-16(22)19-13-6-4-5-12(18)9-13)11-17-20-14-7-2-3-8-15(14)23-17/h2-9H,10-11H2,1H3,(H,19,22). The van der Waals surface area contributed by atoms with Crippen molar-refractivity contribution >= 4 is 49.1 Å². The van der Waals surface area contributed by atoms with Crippen molar-refractivity contribution < 1.29 is 4.79 Å². The van der Waals surface area contributed by atoms with Crippen molar-refractivity contribution in [3.05, 3.63) is 58.0 Å². The van der Waals surface area contributed by atoms with Gasteiger partial charge in [0, 0.05) is 10.2 Å². The lowest BCUT2D eigenvalue weighted by atomic mass is 10.3. The molecule has 1 heterocycles. The fraction of sp³-hybridized carbons (Fsp3) is 0.176. The number of likely N-dealkylation sites (N-methyl/N-ethyl adjacent to an activating group) is 1. The van der Waals surface area contributed by atoms with Crippen LogP contribution in [0.5, 0.6) is 0 Å². The monoisotopic (exact) mass is 389 g/mol. The summed E-state index contributed by atoms with van der Waals surface area (Å²) < 4.78 is 2.12. The van der Waals surface area contributed by atoms with Gasteiger partial charge in [0.2, 0.25) is 5.91 Å². The number of thiazole rings is 1. The maximum atomic E-state index is 12.1. The van der Waals surface area contributed by atoms with Crippen molar-refractivity contribution in [2.75, 3.05) is 18.9 Å². The number of benzene rings is 2. The van der Waals surface area contributed by atoms with Gasteiger partial charge in [0.25, 0.3) is 0 Å². The summed E-state index contributed by atoms with van der Waals surface area (Å²) in [5.41, 5.74) is 1.80. The predicted octanol–water partition coefficient (Wildman–Crippen LogP) is 4.13. The van der Waals surface area contributed by atoms with E-state index in [0.29, 0.717) is 13.1 Å². The Bertz CT molecular complexity index is 800. The number of carbonyl (C=O) groups is 1. The van der Waals surface area contributed by atoms with Gasteiger partial charge in [-0.05, 0) is 37.4 Å². The largest absolute Gasteiger partial charge is 0.325 e. The molecule has 0 aliphatic heterocycles. The summed E-state index contributed by atoms with van der Waals surface area (Å²) in [4.78, 5) is 18.7. The molecule has 23 heavy (non-hydrogen) atoms. The van der Waals surface area contributed by atoms with Crippen LogP contribution in [0.15, 0.2) is 53.0 Å². The molecule has 0 unspecified atom stereocenters. The number of carbonyl (C=O) groups excluding carboxylic acids is 1. The molecular formula is C17H16BrN3OS. The van der Waals surface area contributed by atoms with Crippen molar-refractivity contribution in [3.8, 4) is 0 Å². The number of fused-ring (bicyclic) bond motifs is 1. The lowest BCUT2D eigenvalue weighted by Crippen LogP contribution is -2.29. The highest BCUT2D eigenvalue weighted by molar-refractivity contribution is 9.10. The fourth-order valence-corrected chi connectivity index (χ4v) is 3.73. The average molecular weight is 390 g/mol. The second-order valence-electron chi connectivity index (χ2n) is 5.31. The van der Waals surface area contributed by atoms with Gasteiger partial charge in [0.05, 0.1) is 23.3 Å². The lowest BCUT2D eigenvalue weighted by molar-refractivity contribution is -0.117. The van der Waals surface area contributed by atoms with Crippen LogP contribution >= 0.6 is 27.3 Å². The number of nitrogens with one attached hydrogen (secondary N) is 1. The van der Waals surface area contributed by atoms with Gasteiger partial charge in [-0.15, -0.1) is 11.3 Å². The number of aromatic nitrogens is 1. The zero-order chi connectivity index (χ0) is 16.2. The molecule has 0 saturated heterocycles. The lowest BCUT2D eigenvalue weighted by Gasteiger charge is -2.14. The minimum atomic E-state index is -0.0355. The molecule has 118 valence electrons. The van der Waals surface area contributed by atoms with Gasteiger partial charge in [0.15, 0.2) is 0 Å². The van der Waals surface area contributed by atoms with E-state index in [1.807, 2.05) is 54.4 Å². The minimum Gasteiger partial charge on any atom is -0.325 e. The molecule has 6 heteroatoms. The number of anilines is 1. The molecule has 1 amide bonds. The number of hydrogen-bond acceptors (Lipinski definition) is 4. The van der Waals surface area contributed by atoms with Gasteiger partial charge in [-0.3, -0.25) is 9.69 Å². The van der Waals surface area contributed by atoms with Crippen molar-refractivity contribution in [3.63, 3.8) is 0 Å². The van der Waals surface area contributed by atoms with Gasteiger partial charge in [-0.1, -0.05) is 34.1 Å². The quantitative estimate of drug-likeness (QED) is 0.713. The molecule has 0 radical (unpaired) electrons. The van der Waals surface area contributed by atoms with Gasteiger partial charge in [-0.25, -0.2) is 4.98 Å². The fourth-order valence-electron chi connectivity index (χ4n) is 2.29. The van der Waals surface area contributed by atoms with Gasteiger partial charge >= 0.3 is 0 Å². The molecule has 0 fully saturated rings. The average Bonchev–Trinajstić information content (AvgIpc) is 2.88. The maximum absolute atomic E-state index is 12.1. The number of amides is 1. The van der Waals surface area contributed by atoms with E-state index in [1.54, 1.807) is 11.3 Å². The van der Waals surface area contributed by atoms with Crippen molar-refractivity contribution in [2.24, 2.45) is 0 Å². The Morgan fingerprint density at radius 3 is 2.87 bits per heavy atom. The smallest absolute Gasteiger partial charge is 0.238 e. The molecule has 1 aromatic heterocycles. The Hall–Kier alpha value is -1.76. The number of halogens is 1. The van der Waals surface area contributed by atoms with E-state index in [-0.39, 0.29) is 5.91 Å². The molecule has 4 nitrogen and oxygen atoms in total. The van der Waals surface area contributed by atoms with Crippen LogP contribution in [-0.2, 0) is 11.3 Å². The van der Waals surface area contributed by atoms with Crippen LogP contribution in [0.1, 0.15) is 5.01 Å². The molecule has 0 bridgehead atoms. The van der Waals surface area contributed by atoms with Crippen LogP contribution < -0.4 is 5.32 Å². The summed E-state index contributed by atoms with van der Waals surface area (Å²) in [5, 5.41) is 3.92. The molecule has 0 aliphatic carbocycles. The maximum Gasteiger partial charge on any atom is 0.238 e. The first-order valence-corrected chi connectivity index (χ1v) is 8.79. The molecule has 3 aromatic rings. The van der Waals surface area contributed by atoms with Crippen LogP contribution in [0.25, 0.3) is 10.2 Å². The molecule has 0 spiro atoms. The molecule has 0 saturated carbocycles. The van der Waals surface area contributed by atoms with E-state index >= 15 is 0 Å². The number of nitrogens with zero attached hydrogens (tertiary/aromatic N) is 2. The van der Waals surface area contributed by atoms with Crippen LogP contribution in [0.2, 0.25) is 0 Å². The third kappa shape index (κ3) is 4.37. The van der Waals surface area contributed by atoms with Crippen LogP contribution in [0.3, 0.4) is 0 Å². The molecule has 1 N–H and O–H groups in total. The zero-order valence-corrected chi connectivity index (χ0v) is 15.0. The Morgan fingerprint density at radius 1 is 1.26 bits per heavy atom. The van der Waals surface area contributed by atoms with E-state index in [0.717, 1.165) is 20.7 Å². The first kappa shape index (κ1) is 16.1. The number of para-hydroxylation sites is 1. The predicted molar refractivity (Wildman–Crippen MR) is 98.7 cm³/mol. The van der Waals surface area contributed by atoms with Crippen LogP contribution in [0.4, 0.5) is 5.69 Å². The molecule has 0 atom stereocenters. The van der Waals surface area contributed by atoms with Gasteiger partial charge in [0.1, 0.15) is 5.01 Å². The minimum absolute atomic E-state index is 0.0355. The molecular weight excluding hydrogens is 374 g/mol. The summed E-state index contributed by atoms with van der Waals surface area (Å²) in [5.74, 6) is -0.0355. The highest BCUT2D eigenvalue weighted by atomic mass is 79.9. The van der Waals surface area contributed by atoms with Crippen LogP contribution in [-0.4, -0.2) is 29.4 Å². The second kappa shape index (κ2) is 7.21. The van der Waals surface area contributed by atoms with E-state index < -0.39 is 0 Å². The topological polar surface area (TPSA) is 45.2 Å². The highest BCUT2D eigenvalue weighted by Crippen LogP contribution is 2.22. The van der Waals surface area contributed by atoms with E-state index in [4.69, 9.17) is 0 Å². The SMILES string of the molecule is CN(CC(=O)Nc1cccc(Br)c1)Cc1nc2ccccc2s1. The van der Waals surface area contributed by atoms with Crippen molar-refractivity contribution in [1.29, 1.82) is 0 Å². The summed E-state index contributed by atoms with van der Waals surface area (Å²) in [7, 11) is 1.92. The zero-order valence-electron chi connectivity index (χ0n) is 12.6. The van der Waals surface area contributed by atoms with E-state index in [9.17, 15) is 4.79 Å². The Kier molecular flexibility index (Phi) is 5.05. The molecule has 2 aromatic carbocycles. The third-order valence-electron chi connectivity index (χ3n) is 3.27. The van der Waals surface area contributed by atoms with E-state index in [2.05, 4.69) is 32.3 Å². The van der Waals surface area contributed by atoms with Gasteiger partial charge < -0.3 is 5.32 Å². The summed E-state index contributed by atoms with van der Waals surface area (Å²) in [6.07, 6.45) is 0. The van der Waals surface area contributed by atoms with Crippen LogP contribution in [0, 0.1) is 0 Å². The van der Waals surface area contributed by atoms with E-state index in [1.165, 1.54) is 4.70 Å². The molecule has 3 rings (SSSR count). The number of hydrogen-bond donors (Lipinski definition) is 1. The Balaban J connectivity index is 1.58. The summed E-state index contributed by atoms with van der Waals surface area (Å²) in [6, 6.07) is 15.6. The summed E-state index contributed by atoms with van der Waals surface area (Å²) >= 11 is 5.06. The first-order chi connectivity index (χ1) is 11.1. The first-order valence-electron chi connectivity index (χ1n) is 7.18. The molecule has 0 aliphatic rings. The normalized spacial score (nSPS) is 11.1. The third-order valence-corrected chi connectivity index (χ3v) is 4.78. The van der Waals surface area contributed by atoms with Crippen molar-refractivity contribution in [1.82, 2.24) is 9.88 Å². The number of rotatable bonds is 5. The summed E-state index contributed by atoms with van der Waals surface area (Å²) in [6.45, 7) is 0.980. The second-order valence-corrected chi connectivity index (χ2v) is 7.34. The van der Waals surface area contributed by atoms with Crippen molar-refractivity contribution in [2.45, 2.75) is 6.54 Å². The van der Waals surface area contributed by atoms with Gasteiger partial charge in [-0.2, -0.15) is 0 Å². The Morgan fingerprint density at radius 2 is 2.09 bits per heavy atom. The Labute approximate surface area is 147 Å². The highest BCUT2D eigenvalue weighted by Gasteiger charge is 2.10.